The predicted octanol–water partition coefficient (Wildman–Crippen LogP) is -3.12. The molecule has 34 heteroatoms. The van der Waals surface area contributed by atoms with Gasteiger partial charge in [0.05, 0.1) is 0 Å². The van der Waals surface area contributed by atoms with Crippen molar-refractivity contribution in [3.05, 3.63) is 0 Å². The Morgan fingerprint density at radius 3 is 0.405 bits per heavy atom. The highest BCUT2D eigenvalue weighted by Gasteiger charge is 2.28. The normalized spacial score (nSPS) is 13.1. The predicted molar refractivity (Wildman–Crippen MR) is 143 cm³/mol. The monoisotopic (exact) mass is 792 g/mol. The van der Waals surface area contributed by atoms with Crippen LogP contribution in [0.5, 0.6) is 0 Å². The summed E-state index contributed by atoms with van der Waals surface area (Å²) in [5.41, 5.74) is 10.3. The molecule has 0 saturated carbocycles. The molecule has 0 rings (SSSR count). The van der Waals surface area contributed by atoms with Gasteiger partial charge in [0.15, 0.2) is 23.6 Å². The molecule has 0 unspecified atom stereocenters. The molecule has 0 spiro atoms. The molecule has 0 saturated heterocycles. The van der Waals surface area contributed by atoms with E-state index in [4.69, 9.17) is 89.8 Å². The summed E-state index contributed by atoms with van der Waals surface area (Å²) in [5, 5.41) is 0. The van der Waals surface area contributed by atoms with E-state index in [1.807, 2.05) is 0 Å². The molecular weight excluding hydrogens is 756 g/mol. The van der Waals surface area contributed by atoms with Crippen LogP contribution in [0.3, 0.4) is 0 Å². The number of nitrogens with two attached hydrogens (primary N) is 2. The van der Waals surface area contributed by atoms with Crippen molar-refractivity contribution in [2.24, 2.45) is 11.5 Å². The summed E-state index contributed by atoms with van der Waals surface area (Å²) >= 11 is 0. The number of hydrogen-bond donors (Lipinski definition) is 18. The van der Waals surface area contributed by atoms with Gasteiger partial charge in [-0.1, -0.05) is 0 Å². The van der Waals surface area contributed by atoms with Crippen LogP contribution in [0.25, 0.3) is 0 Å². The molecule has 42 heavy (non-hydrogen) atoms. The Morgan fingerprint density at radius 2 is 0.381 bits per heavy atom. The maximum atomic E-state index is 9.85. The third kappa shape index (κ3) is 83.7. The number of hydrogen-bond acceptors (Lipinski definition) is 10. The molecule has 0 radical (unpaired) electrons. The fraction of sp³-hybridized carbons (Fsp3) is 1.00. The summed E-state index contributed by atoms with van der Waals surface area (Å²) < 4.78 is 78.8. The Bertz CT molecular complexity index is 855. The Morgan fingerprint density at radius 1 is 0.286 bits per heavy atom. The molecule has 0 aromatic heterocycles. The van der Waals surface area contributed by atoms with Gasteiger partial charge in [-0.05, 0) is 25.9 Å². The molecular formula is C8H36N2O24P8. The minimum atomic E-state index is -4.55. The molecule has 0 aliphatic carbocycles. The minimum Gasteiger partial charge on any atom is -0.330 e. The summed E-state index contributed by atoms with van der Waals surface area (Å²) in [5.74, 6) is -5.50. The van der Waals surface area contributed by atoms with Gasteiger partial charge >= 0.3 is 60.8 Å². The van der Waals surface area contributed by atoms with Crippen molar-refractivity contribution >= 4 is 60.8 Å². The van der Waals surface area contributed by atoms with Crippen molar-refractivity contribution in [1.82, 2.24) is 0 Å². The van der Waals surface area contributed by atoms with Crippen molar-refractivity contribution in [3.8, 4) is 0 Å². The second-order valence-corrected chi connectivity index (χ2v) is 22.3. The highest BCUT2D eigenvalue weighted by atomic mass is 31.3. The first-order valence-corrected chi connectivity index (χ1v) is 23.9. The molecule has 0 aliphatic rings. The fourth-order valence-electron chi connectivity index (χ4n) is 1.25. The van der Waals surface area contributed by atoms with Crippen LogP contribution in [-0.4, -0.2) is 115 Å². The lowest BCUT2D eigenvalue weighted by Gasteiger charge is -2.03. The van der Waals surface area contributed by atoms with Crippen LogP contribution in [0.15, 0.2) is 0 Å². The van der Waals surface area contributed by atoms with Crippen LogP contribution in [0.4, 0.5) is 0 Å². The van der Waals surface area contributed by atoms with E-state index in [1.165, 1.54) is 0 Å². The zero-order valence-electron chi connectivity index (χ0n) is 20.8. The average Bonchev–Trinajstić information content (AvgIpc) is 2.48. The maximum absolute atomic E-state index is 9.85. The van der Waals surface area contributed by atoms with Crippen LogP contribution in [-0.2, 0) is 36.5 Å². The topological polar surface area (TPSA) is 512 Å². The van der Waals surface area contributed by atoms with Crippen molar-refractivity contribution in [2.75, 3.05) is 36.7 Å². The first-order valence-electron chi connectivity index (χ1n) is 9.51. The Kier molecular flexibility index (Phi) is 27.4. The van der Waals surface area contributed by atoms with Gasteiger partial charge < -0.3 is 89.8 Å². The average molecular weight is 792 g/mol. The number of unbranched alkanes of at least 4 members (excludes halogenated alkanes) is 1. The van der Waals surface area contributed by atoms with E-state index >= 15 is 0 Å². The second kappa shape index (κ2) is 21.8. The molecule has 0 aromatic carbocycles. The van der Waals surface area contributed by atoms with E-state index in [0.717, 1.165) is 25.9 Å². The van der Waals surface area contributed by atoms with Gasteiger partial charge in [0.2, 0.25) is 0 Å². The van der Waals surface area contributed by atoms with Crippen molar-refractivity contribution in [1.29, 1.82) is 0 Å². The van der Waals surface area contributed by atoms with Gasteiger partial charge in [0.1, 0.15) is 0 Å². The third-order valence-electron chi connectivity index (χ3n) is 2.13. The van der Waals surface area contributed by atoms with E-state index in [0.29, 0.717) is 0 Å². The quantitative estimate of drug-likeness (QED) is 0.0727. The highest BCUT2D eigenvalue weighted by molar-refractivity contribution is 7.70. The molecule has 0 heterocycles. The molecule has 0 aliphatic heterocycles. The van der Waals surface area contributed by atoms with Crippen LogP contribution in [0, 0.1) is 0 Å². The molecule has 0 atom stereocenters. The van der Waals surface area contributed by atoms with Gasteiger partial charge in [-0.15, -0.1) is 0 Å². The fourth-order valence-corrected chi connectivity index (χ4v) is 8.93. The van der Waals surface area contributed by atoms with E-state index in [2.05, 4.69) is 0 Å². The van der Waals surface area contributed by atoms with Gasteiger partial charge in [-0.3, -0.25) is 36.5 Å². The van der Waals surface area contributed by atoms with Crippen LogP contribution < -0.4 is 11.5 Å². The van der Waals surface area contributed by atoms with Crippen LogP contribution in [0.2, 0.25) is 0 Å². The number of rotatable bonds is 11. The first kappa shape index (κ1) is 52.6. The van der Waals surface area contributed by atoms with Gasteiger partial charge in [-0.2, -0.15) is 0 Å². The van der Waals surface area contributed by atoms with E-state index in [-0.39, 0.29) is 0 Å². The Hall–Kier alpha value is 1.12. The SMILES string of the molecule is NCCCCN.O=P(O)(O)CP(=O)(O)O.O=P(O)(O)CP(=O)(O)O.O=P(O)(O)CP(=O)(O)O.O=P(O)(O)CP(=O)(O)O. The van der Waals surface area contributed by atoms with Gasteiger partial charge in [0.25, 0.3) is 0 Å². The molecule has 262 valence electrons. The van der Waals surface area contributed by atoms with Crippen LogP contribution >= 0.6 is 60.8 Å². The van der Waals surface area contributed by atoms with Crippen molar-refractivity contribution in [2.45, 2.75) is 12.8 Å². The minimum absolute atomic E-state index is 0.775. The van der Waals surface area contributed by atoms with E-state index in [1.54, 1.807) is 0 Å². The summed E-state index contributed by atoms with van der Waals surface area (Å²) in [6, 6.07) is 0. The zero-order valence-corrected chi connectivity index (χ0v) is 28.0. The van der Waals surface area contributed by atoms with Gasteiger partial charge in [-0.25, -0.2) is 0 Å². The largest absolute Gasteiger partial charge is 0.337 e. The van der Waals surface area contributed by atoms with E-state index in [9.17, 15) is 36.5 Å². The zero-order chi connectivity index (χ0) is 35.7. The first-order chi connectivity index (χ1) is 17.7. The second-order valence-electron chi connectivity index (χ2n) is 7.17. The summed E-state index contributed by atoms with van der Waals surface area (Å²) in [4.78, 5) is 128. The summed E-state index contributed by atoms with van der Waals surface area (Å²) in [7, 11) is -36.4. The third-order valence-corrected chi connectivity index (χ3v) is 13.9. The molecule has 0 bridgehead atoms. The van der Waals surface area contributed by atoms with Crippen molar-refractivity contribution in [3.63, 3.8) is 0 Å². The summed E-state index contributed by atoms with van der Waals surface area (Å²) in [6.45, 7) is 1.55. The molecule has 26 nitrogen and oxygen atoms in total. The van der Waals surface area contributed by atoms with E-state index < -0.39 is 84.4 Å². The molecule has 20 N–H and O–H groups in total. The Labute approximate surface area is 236 Å². The van der Waals surface area contributed by atoms with Gasteiger partial charge in [0, 0.05) is 0 Å². The van der Waals surface area contributed by atoms with Crippen LogP contribution in [0.1, 0.15) is 12.8 Å². The summed E-state index contributed by atoms with van der Waals surface area (Å²) in [6.07, 6.45) is 2.13. The molecule has 0 amide bonds. The smallest absolute Gasteiger partial charge is 0.330 e. The lowest BCUT2D eigenvalue weighted by atomic mass is 10.3. The lowest BCUT2D eigenvalue weighted by molar-refractivity contribution is 0.352. The molecule has 0 fully saturated rings. The standard InChI is InChI=1S/C4H12N2.4CH6O6P2/c5-3-1-2-4-6;4*2-8(3,4)1-9(5,6)7/h1-6H2;4*1H2,(H2,2,3,4)(H2,5,6,7). The highest BCUT2D eigenvalue weighted by Crippen LogP contribution is 2.53. The van der Waals surface area contributed by atoms with Crippen molar-refractivity contribution < 1.29 is 115 Å². The lowest BCUT2D eigenvalue weighted by Crippen LogP contribution is -2.03. The Balaban J connectivity index is -0.000000137. The molecule has 0 aromatic rings. The maximum Gasteiger partial charge on any atom is 0.337 e.